The van der Waals surface area contributed by atoms with Gasteiger partial charge in [0.25, 0.3) is 0 Å². The molecule has 3 heterocycles. The number of rotatable bonds is 5. The van der Waals surface area contributed by atoms with Crippen molar-refractivity contribution in [3.63, 3.8) is 0 Å². The number of nitrogens with zero attached hydrogens (tertiary/aromatic N) is 4. The summed E-state index contributed by atoms with van der Waals surface area (Å²) in [5, 5.41) is 4.12. The fraction of sp³-hybridized carbons (Fsp3) is 0.321. The number of carbonyl (C=O) groups excluding carboxylic acids is 1. The van der Waals surface area contributed by atoms with Crippen molar-refractivity contribution >= 4 is 38.6 Å². The van der Waals surface area contributed by atoms with Gasteiger partial charge < -0.3 is 19.5 Å². The van der Waals surface area contributed by atoms with Gasteiger partial charge in [-0.05, 0) is 81.6 Å². The van der Waals surface area contributed by atoms with Crippen molar-refractivity contribution in [3.05, 3.63) is 72.6 Å². The summed E-state index contributed by atoms with van der Waals surface area (Å²) in [4.78, 5) is 23.9. The average Bonchev–Trinajstić information content (AvgIpc) is 3.51. The van der Waals surface area contributed by atoms with Crippen molar-refractivity contribution in [2.75, 3.05) is 18.1 Å². The third-order valence-corrected chi connectivity index (χ3v) is 7.53. The van der Waals surface area contributed by atoms with Crippen LogP contribution in [0.2, 0.25) is 0 Å². The average molecular weight is 534 g/mol. The molecule has 0 bridgehead atoms. The topological polar surface area (TPSA) is 106 Å². The minimum absolute atomic E-state index is 0.0103. The molecule has 4 aromatic rings. The van der Waals surface area contributed by atoms with Crippen molar-refractivity contribution in [1.82, 2.24) is 19.4 Å². The summed E-state index contributed by atoms with van der Waals surface area (Å²) in [5.74, 6) is 0.439. The molecule has 0 radical (unpaired) electrons. The molecule has 1 fully saturated rings. The first kappa shape index (κ1) is 25.7. The number of amides is 1. The first-order valence-electron chi connectivity index (χ1n) is 12.5. The summed E-state index contributed by atoms with van der Waals surface area (Å²) in [5.41, 5.74) is 2.85. The molecule has 1 aliphatic heterocycles. The van der Waals surface area contributed by atoms with Crippen LogP contribution < -0.4 is 5.32 Å². The third kappa shape index (κ3) is 5.50. The molecule has 1 amide bonds. The summed E-state index contributed by atoms with van der Waals surface area (Å²) >= 11 is 0. The van der Waals surface area contributed by atoms with E-state index in [1.807, 2.05) is 61.9 Å². The van der Waals surface area contributed by atoms with E-state index in [1.54, 1.807) is 35.4 Å². The number of hydrogen-bond donors (Lipinski definition) is 1. The van der Waals surface area contributed by atoms with Crippen LogP contribution in [0.25, 0.3) is 16.7 Å². The number of hydrogen-bond acceptors (Lipinski definition) is 7. The predicted molar refractivity (Wildman–Crippen MR) is 147 cm³/mol. The number of fused-ring (bicyclic) bond motifs is 1. The summed E-state index contributed by atoms with van der Waals surface area (Å²) in [6.07, 6.45) is 6.37. The van der Waals surface area contributed by atoms with E-state index >= 15 is 0 Å². The molecule has 0 saturated carbocycles. The quantitative estimate of drug-likeness (QED) is 0.354. The van der Waals surface area contributed by atoms with Crippen LogP contribution in [0.15, 0.2) is 71.9 Å². The Labute approximate surface area is 222 Å². The predicted octanol–water partition coefficient (Wildman–Crippen LogP) is 5.64. The Morgan fingerprint density at radius 2 is 1.76 bits per heavy atom. The van der Waals surface area contributed by atoms with Crippen molar-refractivity contribution in [2.24, 2.45) is 0 Å². The van der Waals surface area contributed by atoms with Crippen molar-refractivity contribution in [3.8, 4) is 5.69 Å². The highest BCUT2D eigenvalue weighted by Gasteiger charge is 2.33. The number of carbonyl (C=O) groups is 1. The van der Waals surface area contributed by atoms with E-state index in [0.717, 1.165) is 35.2 Å². The lowest BCUT2D eigenvalue weighted by Gasteiger charge is -2.29. The lowest BCUT2D eigenvalue weighted by molar-refractivity contribution is 0.0224. The lowest BCUT2D eigenvalue weighted by atomic mass is 10.0. The van der Waals surface area contributed by atoms with Crippen LogP contribution in [0.3, 0.4) is 0 Å². The van der Waals surface area contributed by atoms with Crippen LogP contribution in [0.4, 0.5) is 16.4 Å². The molecule has 10 heteroatoms. The zero-order chi connectivity index (χ0) is 27.1. The van der Waals surface area contributed by atoms with E-state index in [2.05, 4.69) is 10.3 Å². The van der Waals surface area contributed by atoms with E-state index in [-0.39, 0.29) is 17.0 Å². The zero-order valence-electron chi connectivity index (χ0n) is 21.9. The van der Waals surface area contributed by atoms with Crippen LogP contribution in [-0.2, 0) is 14.6 Å². The molecule has 9 nitrogen and oxygen atoms in total. The molecule has 1 aliphatic rings. The van der Waals surface area contributed by atoms with Gasteiger partial charge >= 0.3 is 6.09 Å². The molecule has 0 spiro atoms. The maximum atomic E-state index is 12.7. The van der Waals surface area contributed by atoms with E-state index < -0.39 is 15.4 Å². The number of sulfone groups is 1. The number of nitrogens with one attached hydrogen (secondary N) is 1. The second kappa shape index (κ2) is 9.75. The van der Waals surface area contributed by atoms with E-state index in [9.17, 15) is 13.2 Å². The molecule has 1 unspecified atom stereocenters. The second-order valence-electron chi connectivity index (χ2n) is 10.5. The minimum atomic E-state index is -3.27. The van der Waals surface area contributed by atoms with Crippen molar-refractivity contribution < 1.29 is 17.9 Å². The smallest absolute Gasteiger partial charge is 0.410 e. The third-order valence-electron chi connectivity index (χ3n) is 6.40. The van der Waals surface area contributed by atoms with Crippen LogP contribution >= 0.6 is 0 Å². The van der Waals surface area contributed by atoms with Gasteiger partial charge in [-0.3, -0.25) is 0 Å². The summed E-state index contributed by atoms with van der Waals surface area (Å²) in [6.45, 7) is 6.31. The second-order valence-corrected chi connectivity index (χ2v) is 12.5. The van der Waals surface area contributed by atoms with Gasteiger partial charge in [0.15, 0.2) is 9.84 Å². The Morgan fingerprint density at radius 1 is 1.05 bits per heavy atom. The van der Waals surface area contributed by atoms with Crippen LogP contribution in [0.5, 0.6) is 0 Å². The van der Waals surface area contributed by atoms with Crippen LogP contribution in [-0.4, -0.2) is 52.3 Å². The standard InChI is InChI=1S/C28H31N5O4S/c1-28(2,3)37-27(34)33-16-5-6-24(33)19-7-9-21(10-8-19)30-26-29-18-20-15-17-32(25(20)31-26)22-11-13-23(14-12-22)38(4,35)36/h7-15,17-18,24H,5-6,16H2,1-4H3,(H,29,30,31). The SMILES string of the molecule is CC(C)(C)OC(=O)N1CCCC1c1ccc(Nc2ncc3ccn(-c4ccc(S(C)(=O)=O)cc4)c3n2)cc1. The Balaban J connectivity index is 1.33. The van der Waals surface area contributed by atoms with Gasteiger partial charge in [0.05, 0.1) is 10.9 Å². The monoisotopic (exact) mass is 533 g/mol. The maximum absolute atomic E-state index is 12.7. The molecule has 2 aromatic carbocycles. The minimum Gasteiger partial charge on any atom is -0.444 e. The Bertz CT molecular complexity index is 1570. The molecule has 1 saturated heterocycles. The van der Waals surface area contributed by atoms with Gasteiger partial charge in [0.2, 0.25) is 5.95 Å². The Hall–Kier alpha value is -3.92. The summed E-state index contributed by atoms with van der Waals surface area (Å²) < 4.78 is 31.1. The van der Waals surface area contributed by atoms with Crippen LogP contribution in [0, 0.1) is 0 Å². The fourth-order valence-corrected chi connectivity index (χ4v) is 5.24. The van der Waals surface area contributed by atoms with E-state index in [1.165, 1.54) is 6.26 Å². The largest absolute Gasteiger partial charge is 0.444 e. The highest BCUT2D eigenvalue weighted by Crippen LogP contribution is 2.34. The normalized spacial score (nSPS) is 16.1. The van der Waals surface area contributed by atoms with Gasteiger partial charge in [-0.2, -0.15) is 4.98 Å². The first-order chi connectivity index (χ1) is 18.0. The molecule has 5 rings (SSSR count). The number of anilines is 2. The van der Waals surface area contributed by atoms with Gasteiger partial charge in [-0.25, -0.2) is 18.2 Å². The molecular formula is C28H31N5O4S. The molecule has 198 valence electrons. The zero-order valence-corrected chi connectivity index (χ0v) is 22.7. The summed E-state index contributed by atoms with van der Waals surface area (Å²) in [7, 11) is -3.27. The summed E-state index contributed by atoms with van der Waals surface area (Å²) in [6, 6.07) is 16.5. The Morgan fingerprint density at radius 3 is 2.42 bits per heavy atom. The molecule has 2 aromatic heterocycles. The highest BCUT2D eigenvalue weighted by molar-refractivity contribution is 7.90. The van der Waals surface area contributed by atoms with Gasteiger partial charge in [-0.1, -0.05) is 12.1 Å². The Kier molecular flexibility index (Phi) is 6.60. The number of likely N-dealkylation sites (tertiary alicyclic amines) is 1. The molecule has 1 atom stereocenters. The molecule has 1 N–H and O–H groups in total. The molecule has 0 aliphatic carbocycles. The first-order valence-corrected chi connectivity index (χ1v) is 14.4. The number of benzene rings is 2. The molecule has 38 heavy (non-hydrogen) atoms. The van der Waals surface area contributed by atoms with E-state index in [0.29, 0.717) is 18.1 Å². The fourth-order valence-electron chi connectivity index (χ4n) is 4.61. The number of ether oxygens (including phenoxy) is 1. The van der Waals surface area contributed by atoms with Gasteiger partial charge in [0.1, 0.15) is 11.2 Å². The van der Waals surface area contributed by atoms with Crippen molar-refractivity contribution in [1.29, 1.82) is 0 Å². The highest BCUT2D eigenvalue weighted by atomic mass is 32.2. The van der Waals surface area contributed by atoms with E-state index in [4.69, 9.17) is 9.72 Å². The maximum Gasteiger partial charge on any atom is 0.410 e. The van der Waals surface area contributed by atoms with Crippen LogP contribution in [0.1, 0.15) is 45.2 Å². The van der Waals surface area contributed by atoms with Gasteiger partial charge in [0, 0.05) is 42.0 Å². The molecular weight excluding hydrogens is 502 g/mol. The van der Waals surface area contributed by atoms with Gasteiger partial charge in [-0.15, -0.1) is 0 Å². The lowest BCUT2D eigenvalue weighted by Crippen LogP contribution is -2.36. The number of aromatic nitrogens is 3. The van der Waals surface area contributed by atoms with Crippen molar-refractivity contribution in [2.45, 2.75) is 50.2 Å².